The van der Waals surface area contributed by atoms with Gasteiger partial charge >= 0.3 is 6.03 Å². The number of fused-ring (bicyclic) bond motifs is 1. The van der Waals surface area contributed by atoms with Crippen LogP contribution in [0, 0.1) is 17.2 Å². The normalized spacial score (nSPS) is 11.7. The van der Waals surface area contributed by atoms with Gasteiger partial charge in [-0.25, -0.2) is 9.78 Å². The van der Waals surface area contributed by atoms with Crippen LogP contribution in [0.15, 0.2) is 77.6 Å². The van der Waals surface area contributed by atoms with Crippen molar-refractivity contribution >= 4 is 22.6 Å². The third-order valence-corrected chi connectivity index (χ3v) is 6.11. The summed E-state index contributed by atoms with van der Waals surface area (Å²) in [6.07, 6.45) is 0. The second kappa shape index (κ2) is 11.6. The highest BCUT2D eigenvalue weighted by Gasteiger charge is 2.27. The first kappa shape index (κ1) is 26.4. The molecule has 1 aromatic heterocycles. The zero-order valence-electron chi connectivity index (χ0n) is 22.0. The lowest BCUT2D eigenvalue weighted by molar-refractivity contribution is 0.179. The molecule has 0 fully saturated rings. The van der Waals surface area contributed by atoms with Gasteiger partial charge in [-0.1, -0.05) is 32.0 Å². The third kappa shape index (κ3) is 5.68. The second-order valence-electron chi connectivity index (χ2n) is 9.40. The molecule has 3 aromatic carbocycles. The fourth-order valence-electron chi connectivity index (χ4n) is 4.35. The van der Waals surface area contributed by atoms with E-state index in [0.717, 1.165) is 0 Å². The summed E-state index contributed by atoms with van der Waals surface area (Å²) in [4.78, 5) is 33.9. The van der Waals surface area contributed by atoms with Crippen molar-refractivity contribution in [3.63, 3.8) is 0 Å². The van der Waals surface area contributed by atoms with Crippen LogP contribution in [0.2, 0.25) is 0 Å². The fraction of sp³-hybridized carbons (Fsp3) is 0.267. The van der Waals surface area contributed by atoms with Crippen molar-refractivity contribution in [1.82, 2.24) is 14.5 Å². The van der Waals surface area contributed by atoms with Crippen LogP contribution in [-0.4, -0.2) is 33.6 Å². The summed E-state index contributed by atoms with van der Waals surface area (Å²) in [6, 6.07) is 22.4. The number of ether oxygens (including phenoxy) is 1. The van der Waals surface area contributed by atoms with Gasteiger partial charge in [0.2, 0.25) is 0 Å². The van der Waals surface area contributed by atoms with Gasteiger partial charge in [-0.05, 0) is 74.4 Å². The Morgan fingerprint density at radius 1 is 1.08 bits per heavy atom. The van der Waals surface area contributed by atoms with Crippen molar-refractivity contribution in [3.05, 3.63) is 94.5 Å². The Labute approximate surface area is 222 Å². The van der Waals surface area contributed by atoms with E-state index in [4.69, 9.17) is 9.72 Å². The molecule has 0 aliphatic carbocycles. The van der Waals surface area contributed by atoms with Gasteiger partial charge in [0.1, 0.15) is 11.6 Å². The monoisotopic (exact) mass is 509 g/mol. The highest BCUT2D eigenvalue weighted by atomic mass is 16.5. The number of carbonyl (C=O) groups is 1. The molecule has 0 saturated carbocycles. The van der Waals surface area contributed by atoms with Crippen LogP contribution in [0.4, 0.5) is 10.5 Å². The Hall–Kier alpha value is -4.64. The van der Waals surface area contributed by atoms with Crippen LogP contribution in [0.3, 0.4) is 0 Å². The van der Waals surface area contributed by atoms with Crippen LogP contribution in [-0.2, 0) is 0 Å². The van der Waals surface area contributed by atoms with E-state index in [9.17, 15) is 14.9 Å². The predicted octanol–water partition coefficient (Wildman–Crippen LogP) is 5.91. The molecule has 1 atom stereocenters. The highest BCUT2D eigenvalue weighted by Crippen LogP contribution is 2.26. The topological polar surface area (TPSA) is 100 Å². The Morgan fingerprint density at radius 3 is 2.50 bits per heavy atom. The van der Waals surface area contributed by atoms with Crippen molar-refractivity contribution in [3.8, 4) is 17.5 Å². The number of benzene rings is 3. The van der Waals surface area contributed by atoms with Crippen LogP contribution in [0.25, 0.3) is 16.6 Å². The first-order valence-electron chi connectivity index (χ1n) is 12.6. The fourth-order valence-corrected chi connectivity index (χ4v) is 4.35. The van der Waals surface area contributed by atoms with Gasteiger partial charge in [-0.15, -0.1) is 0 Å². The SMILES string of the molecule is CCOc1ccc(-n2c(C(C)N(CC(C)C)C(=O)Nc3cccc(C#N)c3)nc3ccccc3c2=O)cc1. The van der Waals surface area contributed by atoms with Crippen LogP contribution < -0.4 is 15.6 Å². The van der Waals surface area contributed by atoms with E-state index in [0.29, 0.717) is 52.6 Å². The molecule has 194 valence electrons. The number of hydrogen-bond acceptors (Lipinski definition) is 5. The molecule has 8 heteroatoms. The molecule has 0 aliphatic rings. The maximum atomic E-state index is 13.8. The summed E-state index contributed by atoms with van der Waals surface area (Å²) in [5.41, 5.74) is 1.95. The molecular weight excluding hydrogens is 478 g/mol. The average Bonchev–Trinajstić information content (AvgIpc) is 2.92. The van der Waals surface area contributed by atoms with Crippen molar-refractivity contribution in [2.45, 2.75) is 33.7 Å². The molecule has 38 heavy (non-hydrogen) atoms. The van der Waals surface area contributed by atoms with Crippen molar-refractivity contribution in [2.75, 3.05) is 18.5 Å². The second-order valence-corrected chi connectivity index (χ2v) is 9.40. The smallest absolute Gasteiger partial charge is 0.322 e. The van der Waals surface area contributed by atoms with E-state index in [1.165, 1.54) is 0 Å². The molecule has 8 nitrogen and oxygen atoms in total. The number of aromatic nitrogens is 2. The number of nitrogens with one attached hydrogen (secondary N) is 1. The molecule has 0 radical (unpaired) electrons. The Kier molecular flexibility index (Phi) is 8.07. The van der Waals surface area contributed by atoms with Gasteiger partial charge in [0, 0.05) is 12.2 Å². The number of nitriles is 1. The van der Waals surface area contributed by atoms with Crippen molar-refractivity contribution in [2.24, 2.45) is 5.92 Å². The number of nitrogens with zero attached hydrogens (tertiary/aromatic N) is 4. The third-order valence-electron chi connectivity index (χ3n) is 6.11. The molecule has 2 amide bonds. The largest absolute Gasteiger partial charge is 0.494 e. The standard InChI is InChI=1S/C30H31N5O3/c1-5-38-25-15-13-24(14-16-25)35-28(33-27-12-7-6-11-26(27)29(35)36)21(4)34(19-20(2)3)30(37)32-23-10-8-9-22(17-23)18-31/h6-17,20-21H,5,19H2,1-4H3,(H,32,37). The Balaban J connectivity index is 1.82. The lowest BCUT2D eigenvalue weighted by atomic mass is 10.1. The van der Waals surface area contributed by atoms with Gasteiger partial charge < -0.3 is 15.0 Å². The summed E-state index contributed by atoms with van der Waals surface area (Å²) < 4.78 is 7.15. The van der Waals surface area contributed by atoms with E-state index in [1.807, 2.05) is 64.1 Å². The minimum absolute atomic E-state index is 0.153. The minimum atomic E-state index is -0.555. The van der Waals surface area contributed by atoms with Gasteiger partial charge in [-0.3, -0.25) is 9.36 Å². The first-order valence-corrected chi connectivity index (χ1v) is 12.6. The number of carbonyl (C=O) groups excluding carboxylic acids is 1. The molecule has 1 heterocycles. The Bertz CT molecular complexity index is 1540. The lowest BCUT2D eigenvalue weighted by Crippen LogP contribution is -2.41. The molecule has 0 saturated heterocycles. The molecule has 4 rings (SSSR count). The van der Waals surface area contributed by atoms with Gasteiger partial charge in [-0.2, -0.15) is 5.26 Å². The number of hydrogen-bond donors (Lipinski definition) is 1. The summed E-state index contributed by atoms with van der Waals surface area (Å²) in [5.74, 6) is 1.30. The van der Waals surface area contributed by atoms with Crippen LogP contribution in [0.5, 0.6) is 5.75 Å². The first-order chi connectivity index (χ1) is 18.3. The summed E-state index contributed by atoms with van der Waals surface area (Å²) in [5, 5.41) is 12.6. The number of urea groups is 1. The lowest BCUT2D eigenvalue weighted by Gasteiger charge is -2.32. The highest BCUT2D eigenvalue weighted by molar-refractivity contribution is 5.90. The van der Waals surface area contributed by atoms with Crippen LogP contribution >= 0.6 is 0 Å². The van der Waals surface area contributed by atoms with E-state index in [2.05, 4.69) is 11.4 Å². The van der Waals surface area contributed by atoms with E-state index in [1.54, 1.807) is 45.9 Å². The zero-order valence-corrected chi connectivity index (χ0v) is 22.0. The number of para-hydroxylation sites is 1. The van der Waals surface area contributed by atoms with E-state index >= 15 is 0 Å². The minimum Gasteiger partial charge on any atom is -0.494 e. The molecule has 4 aromatic rings. The summed E-state index contributed by atoms with van der Waals surface area (Å²) in [7, 11) is 0. The molecule has 0 spiro atoms. The van der Waals surface area contributed by atoms with Gasteiger partial charge in [0.15, 0.2) is 0 Å². The quantitative estimate of drug-likeness (QED) is 0.318. The zero-order chi connectivity index (χ0) is 27.2. The molecule has 0 bridgehead atoms. The maximum absolute atomic E-state index is 13.8. The molecule has 1 unspecified atom stereocenters. The van der Waals surface area contributed by atoms with Gasteiger partial charge in [0.05, 0.1) is 40.9 Å². The van der Waals surface area contributed by atoms with Crippen LogP contribution in [0.1, 0.15) is 45.1 Å². The number of rotatable bonds is 8. The molecule has 1 N–H and O–H groups in total. The van der Waals surface area contributed by atoms with E-state index in [-0.39, 0.29) is 17.5 Å². The number of amides is 2. The molecular formula is C30H31N5O3. The maximum Gasteiger partial charge on any atom is 0.322 e. The summed E-state index contributed by atoms with van der Waals surface area (Å²) >= 11 is 0. The van der Waals surface area contributed by atoms with Gasteiger partial charge in [0.25, 0.3) is 5.56 Å². The van der Waals surface area contributed by atoms with E-state index < -0.39 is 6.04 Å². The van der Waals surface area contributed by atoms with Crippen molar-refractivity contribution in [1.29, 1.82) is 5.26 Å². The van der Waals surface area contributed by atoms with Crippen molar-refractivity contribution < 1.29 is 9.53 Å². The summed E-state index contributed by atoms with van der Waals surface area (Å²) in [6.45, 7) is 8.80. The predicted molar refractivity (Wildman–Crippen MR) is 149 cm³/mol. The average molecular weight is 510 g/mol. The number of anilines is 1. The molecule has 0 aliphatic heterocycles. The Morgan fingerprint density at radius 2 is 1.82 bits per heavy atom.